The highest BCUT2D eigenvalue weighted by molar-refractivity contribution is 5.81. The molecule has 0 unspecified atom stereocenters. The molecule has 4 nitrogen and oxygen atoms in total. The number of anilines is 1. The minimum Gasteiger partial charge on any atom is -0.308 e. The van der Waals surface area contributed by atoms with Crippen molar-refractivity contribution in [1.82, 2.24) is 9.88 Å². The molecule has 3 rings (SSSR count). The van der Waals surface area contributed by atoms with E-state index in [4.69, 9.17) is 5.84 Å². The highest BCUT2D eigenvalue weighted by Gasteiger charge is 2.12. The fraction of sp³-hybridized carbons (Fsp3) is 0.471. The van der Waals surface area contributed by atoms with Crippen LogP contribution in [0.3, 0.4) is 0 Å². The molecule has 1 aliphatic rings. The SMILES string of the molecule is NNc1nc2ccccc2cc1CN1CCCCCCC1. The third-order valence-corrected chi connectivity index (χ3v) is 4.28. The molecule has 0 spiro atoms. The summed E-state index contributed by atoms with van der Waals surface area (Å²) in [5.41, 5.74) is 4.95. The fourth-order valence-electron chi connectivity index (χ4n) is 3.12. The zero-order valence-electron chi connectivity index (χ0n) is 12.5. The Bertz CT molecular complexity index is 588. The predicted molar refractivity (Wildman–Crippen MR) is 87.9 cm³/mol. The van der Waals surface area contributed by atoms with E-state index in [1.54, 1.807) is 0 Å². The summed E-state index contributed by atoms with van der Waals surface area (Å²) in [4.78, 5) is 7.17. The lowest BCUT2D eigenvalue weighted by atomic mass is 10.1. The number of pyridine rings is 1. The maximum Gasteiger partial charge on any atom is 0.145 e. The van der Waals surface area contributed by atoms with Gasteiger partial charge in [-0.3, -0.25) is 4.90 Å². The van der Waals surface area contributed by atoms with Crippen LogP contribution >= 0.6 is 0 Å². The number of likely N-dealkylation sites (tertiary alicyclic amines) is 1. The number of nitrogens with two attached hydrogens (primary N) is 1. The Labute approximate surface area is 126 Å². The van der Waals surface area contributed by atoms with Gasteiger partial charge in [-0.1, -0.05) is 37.5 Å². The first-order chi connectivity index (χ1) is 10.4. The zero-order chi connectivity index (χ0) is 14.5. The van der Waals surface area contributed by atoms with E-state index in [-0.39, 0.29) is 0 Å². The molecule has 0 aliphatic carbocycles. The van der Waals surface area contributed by atoms with Crippen molar-refractivity contribution in [3.05, 3.63) is 35.9 Å². The second kappa shape index (κ2) is 6.87. The first kappa shape index (κ1) is 14.3. The van der Waals surface area contributed by atoms with Crippen LogP contribution in [0.1, 0.15) is 37.7 Å². The number of fused-ring (bicyclic) bond motifs is 1. The van der Waals surface area contributed by atoms with Gasteiger partial charge in [0.25, 0.3) is 0 Å². The predicted octanol–water partition coefficient (Wildman–Crippen LogP) is 3.29. The number of rotatable bonds is 3. The van der Waals surface area contributed by atoms with Gasteiger partial charge in [-0.25, -0.2) is 10.8 Å². The fourth-order valence-corrected chi connectivity index (χ4v) is 3.12. The van der Waals surface area contributed by atoms with E-state index >= 15 is 0 Å². The van der Waals surface area contributed by atoms with Gasteiger partial charge < -0.3 is 5.43 Å². The molecule has 0 atom stereocenters. The van der Waals surface area contributed by atoms with Crippen molar-refractivity contribution in [1.29, 1.82) is 0 Å². The normalized spacial score (nSPS) is 17.4. The minimum atomic E-state index is 0.802. The molecule has 4 heteroatoms. The van der Waals surface area contributed by atoms with E-state index in [0.29, 0.717) is 0 Å². The second-order valence-corrected chi connectivity index (χ2v) is 5.88. The Morgan fingerprint density at radius 3 is 2.52 bits per heavy atom. The van der Waals surface area contributed by atoms with Crippen molar-refractivity contribution in [3.8, 4) is 0 Å². The minimum absolute atomic E-state index is 0.802. The van der Waals surface area contributed by atoms with Crippen molar-refractivity contribution in [2.24, 2.45) is 5.84 Å². The van der Waals surface area contributed by atoms with Crippen LogP contribution < -0.4 is 11.3 Å². The lowest BCUT2D eigenvalue weighted by Gasteiger charge is -2.25. The number of nitrogen functional groups attached to an aromatic ring is 1. The number of para-hydroxylation sites is 1. The average Bonchev–Trinajstić information content (AvgIpc) is 2.49. The van der Waals surface area contributed by atoms with E-state index in [1.807, 2.05) is 12.1 Å². The van der Waals surface area contributed by atoms with Crippen LogP contribution in [0.5, 0.6) is 0 Å². The Kier molecular flexibility index (Phi) is 4.68. The number of hydrogen-bond donors (Lipinski definition) is 2. The highest BCUT2D eigenvalue weighted by Crippen LogP contribution is 2.22. The number of benzene rings is 1. The van der Waals surface area contributed by atoms with Crippen molar-refractivity contribution < 1.29 is 0 Å². The first-order valence-corrected chi connectivity index (χ1v) is 7.94. The van der Waals surface area contributed by atoms with Gasteiger partial charge in [0, 0.05) is 17.5 Å². The summed E-state index contributed by atoms with van der Waals surface area (Å²) in [5, 5.41) is 1.18. The van der Waals surface area contributed by atoms with Crippen molar-refractivity contribution in [2.45, 2.75) is 38.6 Å². The third-order valence-electron chi connectivity index (χ3n) is 4.28. The quantitative estimate of drug-likeness (QED) is 0.671. The molecule has 1 saturated heterocycles. The lowest BCUT2D eigenvalue weighted by molar-refractivity contribution is 0.240. The average molecular weight is 284 g/mol. The van der Waals surface area contributed by atoms with Gasteiger partial charge >= 0.3 is 0 Å². The molecular formula is C17H24N4. The second-order valence-electron chi connectivity index (χ2n) is 5.88. The van der Waals surface area contributed by atoms with E-state index < -0.39 is 0 Å². The van der Waals surface area contributed by atoms with Crippen LogP contribution in [0, 0.1) is 0 Å². The molecule has 2 aromatic rings. The van der Waals surface area contributed by atoms with Crippen LogP contribution in [0.25, 0.3) is 10.9 Å². The molecule has 21 heavy (non-hydrogen) atoms. The number of hydrazine groups is 1. The van der Waals surface area contributed by atoms with E-state index in [0.717, 1.165) is 17.9 Å². The van der Waals surface area contributed by atoms with Gasteiger partial charge in [0.1, 0.15) is 5.82 Å². The maximum absolute atomic E-state index is 5.67. The molecule has 0 amide bonds. The molecule has 0 saturated carbocycles. The molecule has 1 aromatic carbocycles. The van der Waals surface area contributed by atoms with Crippen molar-refractivity contribution in [2.75, 3.05) is 18.5 Å². The number of aromatic nitrogens is 1. The monoisotopic (exact) mass is 284 g/mol. The van der Waals surface area contributed by atoms with Gasteiger partial charge in [-0.2, -0.15) is 0 Å². The van der Waals surface area contributed by atoms with Crippen molar-refractivity contribution >= 4 is 16.7 Å². The summed E-state index contributed by atoms with van der Waals surface area (Å²) in [6, 6.07) is 10.4. The molecule has 0 bridgehead atoms. The largest absolute Gasteiger partial charge is 0.308 e. The zero-order valence-corrected chi connectivity index (χ0v) is 12.5. The molecule has 1 fully saturated rings. The van der Waals surface area contributed by atoms with Gasteiger partial charge in [0.05, 0.1) is 5.52 Å². The van der Waals surface area contributed by atoms with Crippen LogP contribution in [-0.2, 0) is 6.54 Å². The van der Waals surface area contributed by atoms with Crippen LogP contribution in [-0.4, -0.2) is 23.0 Å². The summed E-state index contributed by atoms with van der Waals surface area (Å²) in [7, 11) is 0. The van der Waals surface area contributed by atoms with Crippen LogP contribution in [0.15, 0.2) is 30.3 Å². The standard InChI is InChI=1S/C17H24N4/c18-20-17-15(12-14-8-4-5-9-16(14)19-17)13-21-10-6-2-1-3-7-11-21/h4-5,8-9,12H,1-3,6-7,10-11,13,18H2,(H,19,20). The van der Waals surface area contributed by atoms with Gasteiger partial charge in [0.2, 0.25) is 0 Å². The Morgan fingerprint density at radius 2 is 1.76 bits per heavy atom. The first-order valence-electron chi connectivity index (χ1n) is 7.94. The third kappa shape index (κ3) is 3.52. The van der Waals surface area contributed by atoms with Gasteiger partial charge in [-0.05, 0) is 38.1 Å². The van der Waals surface area contributed by atoms with Crippen molar-refractivity contribution in [3.63, 3.8) is 0 Å². The molecule has 3 N–H and O–H groups in total. The molecule has 2 heterocycles. The van der Waals surface area contributed by atoms with Gasteiger partial charge in [-0.15, -0.1) is 0 Å². The Morgan fingerprint density at radius 1 is 1.05 bits per heavy atom. The van der Waals surface area contributed by atoms with E-state index in [1.165, 1.54) is 56.1 Å². The van der Waals surface area contributed by atoms with E-state index in [2.05, 4.69) is 33.5 Å². The summed E-state index contributed by atoms with van der Waals surface area (Å²) >= 11 is 0. The molecule has 0 radical (unpaired) electrons. The van der Waals surface area contributed by atoms with Crippen LogP contribution in [0.4, 0.5) is 5.82 Å². The number of nitrogens with one attached hydrogen (secondary N) is 1. The summed E-state index contributed by atoms with van der Waals surface area (Å²) in [6.07, 6.45) is 6.70. The Hall–Kier alpha value is -1.65. The van der Waals surface area contributed by atoms with Crippen LogP contribution in [0.2, 0.25) is 0 Å². The summed E-state index contributed by atoms with van der Waals surface area (Å²) in [6.45, 7) is 3.28. The molecule has 112 valence electrons. The Balaban J connectivity index is 1.84. The number of hydrogen-bond acceptors (Lipinski definition) is 4. The lowest BCUT2D eigenvalue weighted by Crippen LogP contribution is -2.27. The summed E-state index contributed by atoms with van der Waals surface area (Å²) < 4.78 is 0. The van der Waals surface area contributed by atoms with Gasteiger partial charge in [0.15, 0.2) is 0 Å². The maximum atomic E-state index is 5.67. The molecule has 1 aliphatic heterocycles. The summed E-state index contributed by atoms with van der Waals surface area (Å²) in [5.74, 6) is 6.47. The molecule has 1 aromatic heterocycles. The number of nitrogens with zero attached hydrogens (tertiary/aromatic N) is 2. The highest BCUT2D eigenvalue weighted by atomic mass is 15.3. The molecular weight excluding hydrogens is 260 g/mol. The smallest absolute Gasteiger partial charge is 0.145 e. The topological polar surface area (TPSA) is 54.2 Å². The van der Waals surface area contributed by atoms with E-state index in [9.17, 15) is 0 Å².